The molecule has 6 heteroatoms. The van der Waals surface area contributed by atoms with Crippen molar-refractivity contribution in [3.8, 4) is 11.5 Å². The zero-order valence-electron chi connectivity index (χ0n) is 13.9. The molecular weight excluding hydrogens is 316 g/mol. The van der Waals surface area contributed by atoms with Gasteiger partial charge in [0.1, 0.15) is 18.1 Å². The molecule has 130 valence electrons. The highest BCUT2D eigenvalue weighted by Crippen LogP contribution is 2.17. The number of nitrogens with zero attached hydrogens (tertiary/aromatic N) is 1. The molecule has 1 unspecified atom stereocenters. The smallest absolute Gasteiger partial charge is 0.222 e. The van der Waals surface area contributed by atoms with Gasteiger partial charge in [0.2, 0.25) is 5.91 Å². The predicted octanol–water partition coefficient (Wildman–Crippen LogP) is 2.49. The summed E-state index contributed by atoms with van der Waals surface area (Å²) in [4.78, 5) is 13.8. The quantitative estimate of drug-likeness (QED) is 0.788. The molecule has 5 nitrogen and oxygen atoms in total. The van der Waals surface area contributed by atoms with Gasteiger partial charge in [0.05, 0.1) is 13.7 Å². The third kappa shape index (κ3) is 6.67. The van der Waals surface area contributed by atoms with E-state index >= 15 is 0 Å². The number of carbonyl (C=O) groups is 1. The normalized spacial score (nSPS) is 16.5. The zero-order chi connectivity index (χ0) is 15.8. The van der Waals surface area contributed by atoms with Crippen LogP contribution in [-0.2, 0) is 4.79 Å². The maximum absolute atomic E-state index is 12.1. The number of ether oxygens (including phenoxy) is 2. The minimum absolute atomic E-state index is 0. The SMILES string of the molecule is COc1ccc(OCCN(C)C(=O)CCC2CCCN2)cc1.Cl. The van der Waals surface area contributed by atoms with Crippen LogP contribution in [0.2, 0.25) is 0 Å². The van der Waals surface area contributed by atoms with Crippen molar-refractivity contribution in [2.75, 3.05) is 33.9 Å². The van der Waals surface area contributed by atoms with Crippen LogP contribution in [0.4, 0.5) is 0 Å². The topological polar surface area (TPSA) is 50.8 Å². The lowest BCUT2D eigenvalue weighted by atomic mass is 10.1. The van der Waals surface area contributed by atoms with E-state index in [4.69, 9.17) is 9.47 Å². The molecule has 1 saturated heterocycles. The Bertz CT molecular complexity index is 461. The summed E-state index contributed by atoms with van der Waals surface area (Å²) in [7, 11) is 3.47. The molecule has 0 saturated carbocycles. The lowest BCUT2D eigenvalue weighted by Gasteiger charge is -2.18. The van der Waals surface area contributed by atoms with Gasteiger partial charge in [0.25, 0.3) is 0 Å². The molecule has 1 aromatic rings. The number of amides is 1. The molecule has 1 fully saturated rings. The molecule has 1 aromatic carbocycles. The van der Waals surface area contributed by atoms with Gasteiger partial charge in [-0.05, 0) is 50.1 Å². The van der Waals surface area contributed by atoms with E-state index in [0.717, 1.165) is 24.5 Å². The second kappa shape index (κ2) is 10.3. The summed E-state index contributed by atoms with van der Waals surface area (Å²) in [5.41, 5.74) is 0. The van der Waals surface area contributed by atoms with E-state index < -0.39 is 0 Å². The maximum Gasteiger partial charge on any atom is 0.222 e. The fourth-order valence-corrected chi connectivity index (χ4v) is 2.59. The van der Waals surface area contributed by atoms with Gasteiger partial charge in [0.15, 0.2) is 0 Å². The van der Waals surface area contributed by atoms with Gasteiger partial charge in [-0.2, -0.15) is 0 Å². The highest BCUT2D eigenvalue weighted by atomic mass is 35.5. The van der Waals surface area contributed by atoms with Crippen molar-refractivity contribution in [3.63, 3.8) is 0 Å². The summed E-state index contributed by atoms with van der Waals surface area (Å²) >= 11 is 0. The Kier molecular flexibility index (Phi) is 8.81. The van der Waals surface area contributed by atoms with E-state index in [-0.39, 0.29) is 18.3 Å². The highest BCUT2D eigenvalue weighted by Gasteiger charge is 2.16. The van der Waals surface area contributed by atoms with Crippen LogP contribution >= 0.6 is 12.4 Å². The van der Waals surface area contributed by atoms with Gasteiger partial charge < -0.3 is 19.7 Å². The number of halogens is 1. The Labute approximate surface area is 144 Å². The average Bonchev–Trinajstić information content (AvgIpc) is 3.06. The first kappa shape index (κ1) is 19.6. The number of nitrogens with one attached hydrogen (secondary N) is 1. The third-order valence-electron chi connectivity index (χ3n) is 4.05. The Morgan fingerprint density at radius 1 is 1.30 bits per heavy atom. The first-order valence-electron chi connectivity index (χ1n) is 7.93. The summed E-state index contributed by atoms with van der Waals surface area (Å²) in [5.74, 6) is 1.78. The molecule has 1 atom stereocenters. The molecule has 0 aliphatic carbocycles. The van der Waals surface area contributed by atoms with E-state index in [2.05, 4.69) is 5.32 Å². The number of benzene rings is 1. The Morgan fingerprint density at radius 3 is 2.61 bits per heavy atom. The molecule has 0 bridgehead atoms. The van der Waals surface area contributed by atoms with Crippen LogP contribution in [0.15, 0.2) is 24.3 Å². The molecule has 2 rings (SSSR count). The van der Waals surface area contributed by atoms with Gasteiger partial charge in [-0.15, -0.1) is 12.4 Å². The number of methoxy groups -OCH3 is 1. The van der Waals surface area contributed by atoms with Gasteiger partial charge in [-0.1, -0.05) is 0 Å². The summed E-state index contributed by atoms with van der Waals surface area (Å²) in [6.07, 6.45) is 3.96. The van der Waals surface area contributed by atoms with E-state index in [9.17, 15) is 4.79 Å². The number of hydrogen-bond acceptors (Lipinski definition) is 4. The minimum Gasteiger partial charge on any atom is -0.497 e. The van der Waals surface area contributed by atoms with Crippen LogP contribution in [0, 0.1) is 0 Å². The third-order valence-corrected chi connectivity index (χ3v) is 4.05. The van der Waals surface area contributed by atoms with Crippen LogP contribution in [0.1, 0.15) is 25.7 Å². The number of hydrogen-bond donors (Lipinski definition) is 1. The van der Waals surface area contributed by atoms with Crippen LogP contribution < -0.4 is 14.8 Å². The first-order valence-corrected chi connectivity index (χ1v) is 7.93. The highest BCUT2D eigenvalue weighted by molar-refractivity contribution is 5.85. The minimum atomic E-state index is 0. The van der Waals surface area contributed by atoms with E-state index in [1.54, 1.807) is 12.0 Å². The molecule has 1 heterocycles. The average molecular weight is 343 g/mol. The van der Waals surface area contributed by atoms with Gasteiger partial charge >= 0.3 is 0 Å². The second-order valence-corrected chi connectivity index (χ2v) is 5.67. The van der Waals surface area contributed by atoms with Gasteiger partial charge in [-0.3, -0.25) is 4.79 Å². The molecule has 23 heavy (non-hydrogen) atoms. The van der Waals surface area contributed by atoms with Crippen LogP contribution in [-0.4, -0.2) is 50.7 Å². The van der Waals surface area contributed by atoms with Crippen LogP contribution in [0.5, 0.6) is 11.5 Å². The summed E-state index contributed by atoms with van der Waals surface area (Å²) in [6.45, 7) is 2.18. The monoisotopic (exact) mass is 342 g/mol. The van der Waals surface area contributed by atoms with Gasteiger partial charge in [-0.25, -0.2) is 0 Å². The Morgan fingerprint density at radius 2 is 2.00 bits per heavy atom. The fraction of sp³-hybridized carbons (Fsp3) is 0.588. The van der Waals surface area contributed by atoms with E-state index in [1.165, 1.54) is 12.8 Å². The molecule has 1 aliphatic heterocycles. The van der Waals surface area contributed by atoms with Crippen molar-refractivity contribution >= 4 is 18.3 Å². The van der Waals surface area contributed by atoms with Crippen molar-refractivity contribution in [2.24, 2.45) is 0 Å². The molecule has 0 spiro atoms. The number of rotatable bonds is 8. The van der Waals surface area contributed by atoms with Crippen molar-refractivity contribution in [1.29, 1.82) is 0 Å². The van der Waals surface area contributed by atoms with Crippen molar-refractivity contribution in [1.82, 2.24) is 10.2 Å². The summed E-state index contributed by atoms with van der Waals surface area (Å²) in [5, 5.41) is 3.42. The molecule has 1 aliphatic rings. The number of carbonyl (C=O) groups excluding carboxylic acids is 1. The lowest BCUT2D eigenvalue weighted by molar-refractivity contribution is -0.130. The first-order chi connectivity index (χ1) is 10.7. The van der Waals surface area contributed by atoms with E-state index in [1.807, 2.05) is 31.3 Å². The molecule has 0 aromatic heterocycles. The Hall–Kier alpha value is -1.46. The molecule has 1 N–H and O–H groups in total. The van der Waals surface area contributed by atoms with Crippen LogP contribution in [0.3, 0.4) is 0 Å². The predicted molar refractivity (Wildman–Crippen MR) is 93.6 cm³/mol. The van der Waals surface area contributed by atoms with Crippen molar-refractivity contribution < 1.29 is 14.3 Å². The number of likely N-dealkylation sites (N-methyl/N-ethyl adjacent to an activating group) is 1. The van der Waals surface area contributed by atoms with Crippen molar-refractivity contribution in [3.05, 3.63) is 24.3 Å². The second-order valence-electron chi connectivity index (χ2n) is 5.67. The maximum atomic E-state index is 12.1. The zero-order valence-corrected chi connectivity index (χ0v) is 14.7. The van der Waals surface area contributed by atoms with E-state index in [0.29, 0.717) is 25.6 Å². The Balaban J connectivity index is 0.00000264. The van der Waals surface area contributed by atoms with Crippen LogP contribution in [0.25, 0.3) is 0 Å². The van der Waals surface area contributed by atoms with Gasteiger partial charge in [0, 0.05) is 19.5 Å². The lowest BCUT2D eigenvalue weighted by Crippen LogP contribution is -2.32. The molecule has 0 radical (unpaired) electrons. The molecular formula is C17H27ClN2O3. The summed E-state index contributed by atoms with van der Waals surface area (Å²) in [6, 6.07) is 7.98. The fourth-order valence-electron chi connectivity index (χ4n) is 2.59. The largest absolute Gasteiger partial charge is 0.497 e. The molecule has 1 amide bonds. The standard InChI is InChI=1S/C17H26N2O3.ClH/c1-19(17(20)10-5-14-4-3-11-18-14)12-13-22-16-8-6-15(21-2)7-9-16;/h6-9,14,18H,3-5,10-13H2,1-2H3;1H. The van der Waals surface area contributed by atoms with Crippen molar-refractivity contribution in [2.45, 2.75) is 31.7 Å². The summed E-state index contributed by atoms with van der Waals surface area (Å²) < 4.78 is 10.7.